The van der Waals surface area contributed by atoms with Gasteiger partial charge in [0, 0.05) is 6.54 Å². The molecule has 30 heavy (non-hydrogen) atoms. The first-order valence-corrected chi connectivity index (χ1v) is 9.87. The third-order valence-electron chi connectivity index (χ3n) is 4.53. The molecule has 0 fully saturated rings. The molecule has 0 heterocycles. The average molecular weight is 411 g/mol. The third kappa shape index (κ3) is 6.93. The van der Waals surface area contributed by atoms with E-state index in [-0.39, 0.29) is 6.42 Å². The smallest absolute Gasteiger partial charge is 0.320 e. The van der Waals surface area contributed by atoms with Crippen LogP contribution >= 0.6 is 0 Å². The van der Waals surface area contributed by atoms with E-state index in [1.165, 1.54) is 0 Å². The molecule has 6 nitrogen and oxygen atoms in total. The number of nitrogens with two attached hydrogens (primary N) is 1. The summed E-state index contributed by atoms with van der Waals surface area (Å²) in [5.41, 5.74) is 7.65. The highest BCUT2D eigenvalue weighted by molar-refractivity contribution is 5.73. The number of carboxylic acid groups (broad SMARTS) is 1. The molecule has 0 radical (unpaired) electrons. The summed E-state index contributed by atoms with van der Waals surface area (Å²) in [5, 5.41) is 9.26. The summed E-state index contributed by atoms with van der Waals surface area (Å²) < 4.78 is 12.3. The Hall–Kier alpha value is -2.77. The van der Waals surface area contributed by atoms with Crippen molar-refractivity contribution in [2.75, 3.05) is 19.8 Å². The predicted octanol–water partition coefficient (Wildman–Crippen LogP) is 3.89. The molecule has 6 heteroatoms. The van der Waals surface area contributed by atoms with Crippen molar-refractivity contribution in [3.63, 3.8) is 0 Å². The Morgan fingerprint density at radius 3 is 1.73 bits per heavy atom. The zero-order chi connectivity index (χ0) is 21.8. The Kier molecular flexibility index (Phi) is 9.97. The maximum absolute atomic E-state index is 11.3. The fourth-order valence-corrected chi connectivity index (χ4v) is 3.09. The quantitative estimate of drug-likeness (QED) is 0.363. The monoisotopic (exact) mass is 410 g/mol. The second-order valence-corrected chi connectivity index (χ2v) is 6.74. The molecule has 3 atom stereocenters. The van der Waals surface area contributed by atoms with Gasteiger partial charge in [0.05, 0.1) is 13.2 Å². The molecule has 0 amide bonds. The predicted molar refractivity (Wildman–Crippen MR) is 118 cm³/mol. The van der Waals surface area contributed by atoms with Gasteiger partial charge in [0.1, 0.15) is 18.5 Å². The summed E-state index contributed by atoms with van der Waals surface area (Å²) in [6.07, 6.45) is 2.62. The van der Waals surface area contributed by atoms with E-state index >= 15 is 0 Å². The van der Waals surface area contributed by atoms with Crippen LogP contribution in [0.25, 0.3) is 0 Å². The van der Waals surface area contributed by atoms with Gasteiger partial charge in [0.15, 0.2) is 0 Å². The summed E-state index contributed by atoms with van der Waals surface area (Å²) in [4.78, 5) is 13.3. The minimum Gasteiger partial charge on any atom is -0.480 e. The Bertz CT molecular complexity index is 727. The molecule has 0 aliphatic heterocycles. The molecule has 2 aromatic carbocycles. The molecule has 160 valence electrons. The second-order valence-electron chi connectivity index (χ2n) is 6.74. The zero-order valence-electron chi connectivity index (χ0n) is 17.1. The van der Waals surface area contributed by atoms with Crippen molar-refractivity contribution >= 4 is 5.97 Å². The van der Waals surface area contributed by atoms with Crippen LogP contribution in [0.3, 0.4) is 0 Å². The van der Waals surface area contributed by atoms with Crippen LogP contribution in [0.2, 0.25) is 0 Å². The number of benzene rings is 2. The SMILES string of the molecule is C=CCOC(c1ccccc1)N(CCC(N)C(=O)O)C(OCC=C)c1ccccc1. The average Bonchev–Trinajstić information content (AvgIpc) is 2.78. The number of carbonyl (C=O) groups is 1. The molecular formula is C24H30N2O4. The van der Waals surface area contributed by atoms with Crippen LogP contribution in [-0.4, -0.2) is 41.8 Å². The first kappa shape index (κ1) is 23.5. The number of carboxylic acids is 1. The molecule has 0 aromatic heterocycles. The highest BCUT2D eigenvalue weighted by Crippen LogP contribution is 2.33. The van der Waals surface area contributed by atoms with Crippen LogP contribution in [0.15, 0.2) is 86.0 Å². The summed E-state index contributed by atoms with van der Waals surface area (Å²) in [6, 6.07) is 18.5. The van der Waals surface area contributed by atoms with Crippen LogP contribution in [0.4, 0.5) is 0 Å². The summed E-state index contributed by atoms with van der Waals surface area (Å²) in [5.74, 6) is -1.04. The van der Waals surface area contributed by atoms with Crippen LogP contribution in [0, 0.1) is 0 Å². The van der Waals surface area contributed by atoms with Crippen molar-refractivity contribution in [1.82, 2.24) is 4.90 Å². The zero-order valence-corrected chi connectivity index (χ0v) is 17.1. The molecule has 0 saturated heterocycles. The van der Waals surface area contributed by atoms with E-state index < -0.39 is 24.5 Å². The van der Waals surface area contributed by atoms with Gasteiger partial charge in [-0.25, -0.2) is 4.90 Å². The molecule has 0 aliphatic carbocycles. The van der Waals surface area contributed by atoms with Gasteiger partial charge in [-0.1, -0.05) is 72.8 Å². The van der Waals surface area contributed by atoms with Gasteiger partial charge < -0.3 is 20.3 Å². The van der Waals surface area contributed by atoms with Gasteiger partial charge in [-0.2, -0.15) is 0 Å². The van der Waals surface area contributed by atoms with Crippen LogP contribution < -0.4 is 5.73 Å². The molecule has 2 rings (SSSR count). The summed E-state index contributed by atoms with van der Waals surface area (Å²) in [7, 11) is 0. The van der Waals surface area contributed by atoms with E-state index in [9.17, 15) is 9.90 Å². The normalized spacial score (nSPS) is 14.1. The molecule has 0 bridgehead atoms. The van der Waals surface area contributed by atoms with E-state index in [1.807, 2.05) is 65.6 Å². The van der Waals surface area contributed by atoms with E-state index in [2.05, 4.69) is 13.2 Å². The van der Waals surface area contributed by atoms with Crippen molar-refractivity contribution in [3.05, 3.63) is 97.1 Å². The Labute approximate surface area is 178 Å². The number of aliphatic carboxylic acids is 1. The maximum Gasteiger partial charge on any atom is 0.320 e. The van der Waals surface area contributed by atoms with Crippen molar-refractivity contribution < 1.29 is 19.4 Å². The van der Waals surface area contributed by atoms with E-state index in [0.717, 1.165) is 11.1 Å². The minimum atomic E-state index is -1.04. The standard InChI is InChI=1S/C24H30N2O4/c1-3-17-29-22(19-11-7-5-8-12-19)26(16-15-21(25)24(27)28)23(30-18-4-2)20-13-9-6-10-14-20/h3-14,21-23H,1-2,15-18,25H2,(H,27,28). The molecule has 3 N–H and O–H groups in total. The van der Waals surface area contributed by atoms with Gasteiger partial charge in [-0.05, 0) is 17.5 Å². The Morgan fingerprint density at radius 2 is 1.37 bits per heavy atom. The maximum atomic E-state index is 11.3. The largest absolute Gasteiger partial charge is 0.480 e. The number of rotatable bonds is 14. The Morgan fingerprint density at radius 1 is 0.933 bits per heavy atom. The van der Waals surface area contributed by atoms with Crippen LogP contribution in [-0.2, 0) is 14.3 Å². The second kappa shape index (κ2) is 12.7. The number of hydrogen-bond donors (Lipinski definition) is 2. The highest BCUT2D eigenvalue weighted by Gasteiger charge is 2.31. The Balaban J connectivity index is 2.46. The molecule has 0 aliphatic rings. The minimum absolute atomic E-state index is 0.233. The number of nitrogens with zero attached hydrogens (tertiary/aromatic N) is 1. The van der Waals surface area contributed by atoms with Crippen molar-refractivity contribution in [1.29, 1.82) is 0 Å². The molecule has 0 spiro atoms. The topological polar surface area (TPSA) is 85.0 Å². The fourth-order valence-electron chi connectivity index (χ4n) is 3.09. The van der Waals surface area contributed by atoms with Crippen LogP contribution in [0.1, 0.15) is 30.0 Å². The van der Waals surface area contributed by atoms with Crippen LogP contribution in [0.5, 0.6) is 0 Å². The van der Waals surface area contributed by atoms with Crippen molar-refractivity contribution in [3.8, 4) is 0 Å². The first-order chi connectivity index (χ1) is 14.6. The van der Waals surface area contributed by atoms with Gasteiger partial charge in [-0.15, -0.1) is 13.2 Å². The molecule has 0 saturated carbocycles. The lowest BCUT2D eigenvalue weighted by Gasteiger charge is -2.38. The van der Waals surface area contributed by atoms with E-state index in [0.29, 0.717) is 19.8 Å². The van der Waals surface area contributed by atoms with Gasteiger partial charge in [0.2, 0.25) is 0 Å². The van der Waals surface area contributed by atoms with Gasteiger partial charge >= 0.3 is 5.97 Å². The lowest BCUT2D eigenvalue weighted by Crippen LogP contribution is -2.40. The summed E-state index contributed by atoms with van der Waals surface area (Å²) in [6.45, 7) is 8.49. The lowest BCUT2D eigenvalue weighted by molar-refractivity contribution is -0.155. The third-order valence-corrected chi connectivity index (χ3v) is 4.53. The van der Waals surface area contributed by atoms with E-state index in [4.69, 9.17) is 15.2 Å². The van der Waals surface area contributed by atoms with E-state index in [1.54, 1.807) is 12.2 Å². The summed E-state index contributed by atoms with van der Waals surface area (Å²) >= 11 is 0. The van der Waals surface area contributed by atoms with Gasteiger partial charge in [-0.3, -0.25) is 4.79 Å². The molecule has 3 unspecified atom stereocenters. The molecular weight excluding hydrogens is 380 g/mol. The highest BCUT2D eigenvalue weighted by atomic mass is 16.5. The van der Waals surface area contributed by atoms with Crippen molar-refractivity contribution in [2.24, 2.45) is 5.73 Å². The van der Waals surface area contributed by atoms with Crippen molar-refractivity contribution in [2.45, 2.75) is 24.9 Å². The van der Waals surface area contributed by atoms with Gasteiger partial charge in [0.25, 0.3) is 0 Å². The number of hydrogen-bond acceptors (Lipinski definition) is 5. The lowest BCUT2D eigenvalue weighted by atomic mass is 10.1. The first-order valence-electron chi connectivity index (χ1n) is 9.87. The number of ether oxygens (including phenoxy) is 2. The molecule has 2 aromatic rings. The fraction of sp³-hybridized carbons (Fsp3) is 0.292.